The number of rotatable bonds is 6. The monoisotopic (exact) mass is 181 g/mol. The fraction of sp³-hybridized carbons (Fsp3) is 0.900. The molecular formula is C10H19N3. The maximum Gasteiger partial charge on any atom is 0.108 e. The number of nitriles is 1. The predicted molar refractivity (Wildman–Crippen MR) is 53.3 cm³/mol. The van der Waals surface area contributed by atoms with Crippen LogP contribution in [0, 0.1) is 11.3 Å². The van der Waals surface area contributed by atoms with Crippen molar-refractivity contribution in [2.75, 3.05) is 20.1 Å². The highest BCUT2D eigenvalue weighted by Crippen LogP contribution is 2.19. The van der Waals surface area contributed by atoms with Crippen LogP contribution in [0.2, 0.25) is 0 Å². The fourth-order valence-corrected chi connectivity index (χ4v) is 1.45. The van der Waals surface area contributed by atoms with Crippen LogP contribution >= 0.6 is 0 Å². The molecule has 1 aliphatic rings. The Morgan fingerprint density at radius 1 is 1.62 bits per heavy atom. The summed E-state index contributed by atoms with van der Waals surface area (Å²) in [6.07, 6.45) is 3.64. The summed E-state index contributed by atoms with van der Waals surface area (Å²) in [5, 5.41) is 12.2. The van der Waals surface area contributed by atoms with Crippen molar-refractivity contribution in [1.82, 2.24) is 10.2 Å². The van der Waals surface area contributed by atoms with Crippen LogP contribution in [0.25, 0.3) is 0 Å². The molecule has 0 spiro atoms. The number of hydrogen-bond acceptors (Lipinski definition) is 3. The smallest absolute Gasteiger partial charge is 0.108 e. The quantitative estimate of drug-likeness (QED) is 0.663. The van der Waals surface area contributed by atoms with Gasteiger partial charge >= 0.3 is 0 Å². The Morgan fingerprint density at radius 3 is 2.77 bits per heavy atom. The molecule has 0 saturated heterocycles. The summed E-state index contributed by atoms with van der Waals surface area (Å²) >= 11 is 0. The van der Waals surface area contributed by atoms with Gasteiger partial charge in [-0.25, -0.2) is 0 Å². The fourth-order valence-electron chi connectivity index (χ4n) is 1.45. The topological polar surface area (TPSA) is 39.1 Å². The first kappa shape index (κ1) is 10.5. The molecule has 1 unspecified atom stereocenters. The van der Waals surface area contributed by atoms with Crippen LogP contribution in [0.4, 0.5) is 0 Å². The molecule has 0 aromatic carbocycles. The zero-order valence-corrected chi connectivity index (χ0v) is 8.58. The highest BCUT2D eigenvalue weighted by Gasteiger charge is 2.24. The van der Waals surface area contributed by atoms with Crippen LogP contribution in [-0.2, 0) is 0 Å². The maximum atomic E-state index is 8.88. The first-order valence-corrected chi connectivity index (χ1v) is 5.10. The van der Waals surface area contributed by atoms with Crippen LogP contribution in [0.1, 0.15) is 26.2 Å². The van der Waals surface area contributed by atoms with Gasteiger partial charge in [0.05, 0.1) is 6.07 Å². The van der Waals surface area contributed by atoms with E-state index in [2.05, 4.69) is 30.3 Å². The normalized spacial score (nSPS) is 18.6. The van der Waals surface area contributed by atoms with Crippen molar-refractivity contribution in [3.8, 4) is 6.07 Å². The highest BCUT2D eigenvalue weighted by molar-refractivity contribution is 4.97. The van der Waals surface area contributed by atoms with E-state index >= 15 is 0 Å². The van der Waals surface area contributed by atoms with Crippen molar-refractivity contribution < 1.29 is 0 Å². The molecule has 13 heavy (non-hydrogen) atoms. The van der Waals surface area contributed by atoms with Gasteiger partial charge in [0.1, 0.15) is 6.04 Å². The second-order valence-electron chi connectivity index (χ2n) is 3.88. The van der Waals surface area contributed by atoms with E-state index in [1.807, 2.05) is 0 Å². The SMILES string of the molecule is CCCN(C)CC(C#N)NC1CC1. The van der Waals surface area contributed by atoms with Gasteiger partial charge in [-0.15, -0.1) is 0 Å². The molecule has 0 amide bonds. The minimum atomic E-state index is 0.0176. The summed E-state index contributed by atoms with van der Waals surface area (Å²) < 4.78 is 0. The van der Waals surface area contributed by atoms with E-state index in [0.717, 1.165) is 19.5 Å². The molecule has 1 N–H and O–H groups in total. The number of likely N-dealkylation sites (N-methyl/N-ethyl adjacent to an activating group) is 1. The number of nitrogens with zero attached hydrogens (tertiary/aromatic N) is 2. The minimum absolute atomic E-state index is 0.0176. The molecule has 1 saturated carbocycles. The Labute approximate surface area is 80.7 Å². The Morgan fingerprint density at radius 2 is 2.31 bits per heavy atom. The summed E-state index contributed by atoms with van der Waals surface area (Å²) in [6.45, 7) is 4.08. The van der Waals surface area contributed by atoms with Gasteiger partial charge < -0.3 is 4.90 Å². The summed E-state index contributed by atoms with van der Waals surface area (Å²) in [5.74, 6) is 0. The van der Waals surface area contributed by atoms with Gasteiger partial charge in [-0.1, -0.05) is 6.92 Å². The molecule has 1 aliphatic carbocycles. The maximum absolute atomic E-state index is 8.88. The average molecular weight is 181 g/mol. The molecule has 1 fully saturated rings. The van der Waals surface area contributed by atoms with Crippen LogP contribution < -0.4 is 5.32 Å². The van der Waals surface area contributed by atoms with Crippen LogP contribution in [0.15, 0.2) is 0 Å². The molecule has 1 atom stereocenters. The zero-order valence-electron chi connectivity index (χ0n) is 8.58. The van der Waals surface area contributed by atoms with Crippen LogP contribution in [0.3, 0.4) is 0 Å². The molecule has 0 aromatic rings. The van der Waals surface area contributed by atoms with E-state index in [0.29, 0.717) is 6.04 Å². The third kappa shape index (κ3) is 4.25. The second-order valence-corrected chi connectivity index (χ2v) is 3.88. The summed E-state index contributed by atoms with van der Waals surface area (Å²) in [5.41, 5.74) is 0. The van der Waals surface area contributed by atoms with E-state index in [1.54, 1.807) is 0 Å². The van der Waals surface area contributed by atoms with Crippen molar-refractivity contribution in [1.29, 1.82) is 5.26 Å². The average Bonchev–Trinajstić information content (AvgIpc) is 2.87. The van der Waals surface area contributed by atoms with E-state index in [1.165, 1.54) is 12.8 Å². The molecule has 0 aliphatic heterocycles. The van der Waals surface area contributed by atoms with Gasteiger partial charge in [-0.2, -0.15) is 5.26 Å². The van der Waals surface area contributed by atoms with E-state index in [9.17, 15) is 0 Å². The zero-order chi connectivity index (χ0) is 9.68. The largest absolute Gasteiger partial charge is 0.304 e. The molecule has 0 radical (unpaired) electrons. The number of hydrogen-bond donors (Lipinski definition) is 1. The van der Waals surface area contributed by atoms with Gasteiger partial charge in [-0.3, -0.25) is 5.32 Å². The lowest BCUT2D eigenvalue weighted by Gasteiger charge is -2.19. The Balaban J connectivity index is 2.18. The van der Waals surface area contributed by atoms with E-state index in [-0.39, 0.29) is 6.04 Å². The minimum Gasteiger partial charge on any atom is -0.304 e. The van der Waals surface area contributed by atoms with Crippen molar-refractivity contribution in [2.24, 2.45) is 0 Å². The summed E-state index contributed by atoms with van der Waals surface area (Å²) in [6, 6.07) is 2.95. The van der Waals surface area contributed by atoms with Gasteiger partial charge in [0.2, 0.25) is 0 Å². The van der Waals surface area contributed by atoms with Gasteiger partial charge in [-0.05, 0) is 32.9 Å². The molecular weight excluding hydrogens is 162 g/mol. The van der Waals surface area contributed by atoms with Gasteiger partial charge in [0, 0.05) is 12.6 Å². The van der Waals surface area contributed by atoms with E-state index < -0.39 is 0 Å². The molecule has 74 valence electrons. The Bertz CT molecular complexity index is 181. The Hall–Kier alpha value is -0.590. The van der Waals surface area contributed by atoms with Gasteiger partial charge in [0.15, 0.2) is 0 Å². The molecule has 3 nitrogen and oxygen atoms in total. The van der Waals surface area contributed by atoms with Crippen molar-refractivity contribution in [2.45, 2.75) is 38.3 Å². The molecule has 0 aromatic heterocycles. The molecule has 0 bridgehead atoms. The number of nitrogens with one attached hydrogen (secondary N) is 1. The third-order valence-electron chi connectivity index (χ3n) is 2.27. The second kappa shape index (κ2) is 5.21. The van der Waals surface area contributed by atoms with Crippen molar-refractivity contribution in [3.63, 3.8) is 0 Å². The van der Waals surface area contributed by atoms with Crippen LogP contribution in [0.5, 0.6) is 0 Å². The lowest BCUT2D eigenvalue weighted by molar-refractivity contribution is 0.310. The van der Waals surface area contributed by atoms with Crippen LogP contribution in [-0.4, -0.2) is 37.1 Å². The summed E-state index contributed by atoms with van der Waals surface area (Å²) in [7, 11) is 2.07. The van der Waals surface area contributed by atoms with E-state index in [4.69, 9.17) is 5.26 Å². The summed E-state index contributed by atoms with van der Waals surface area (Å²) in [4.78, 5) is 2.21. The molecule has 0 heterocycles. The third-order valence-corrected chi connectivity index (χ3v) is 2.27. The highest BCUT2D eigenvalue weighted by atomic mass is 15.1. The lowest BCUT2D eigenvalue weighted by atomic mass is 10.3. The van der Waals surface area contributed by atoms with Crippen molar-refractivity contribution in [3.05, 3.63) is 0 Å². The first-order valence-electron chi connectivity index (χ1n) is 5.10. The van der Waals surface area contributed by atoms with Crippen molar-refractivity contribution >= 4 is 0 Å². The molecule has 1 rings (SSSR count). The standard InChI is InChI=1S/C10H19N3/c1-3-6-13(2)8-10(7-11)12-9-4-5-9/h9-10,12H,3-6,8H2,1-2H3. The Kier molecular flexibility index (Phi) is 4.20. The lowest BCUT2D eigenvalue weighted by Crippen LogP contribution is -2.39. The first-order chi connectivity index (χ1) is 6.26. The predicted octanol–water partition coefficient (Wildman–Crippen LogP) is 0.972. The van der Waals surface area contributed by atoms with Gasteiger partial charge in [0.25, 0.3) is 0 Å². The molecule has 3 heteroatoms.